The Labute approximate surface area is 303 Å². The fourth-order valence-electron chi connectivity index (χ4n) is 5.56. The number of thiazole rings is 1. The summed E-state index contributed by atoms with van der Waals surface area (Å²) in [5.41, 5.74) is 11.5. The number of β-lactam (4-membered cyclic amide) rings is 1. The molecule has 0 radical (unpaired) electrons. The molecule has 2 aliphatic rings. The molecule has 0 bridgehead atoms. The number of carboxylic acids is 1. The number of aromatic nitrogens is 3. The van der Waals surface area contributed by atoms with Gasteiger partial charge in [0.1, 0.15) is 17.5 Å². The average molecular weight is 764 g/mol. The molecule has 2 aromatic heterocycles. The van der Waals surface area contributed by atoms with Crippen LogP contribution in [0.15, 0.2) is 47.2 Å². The molecule has 19 nitrogen and oxygen atoms in total. The van der Waals surface area contributed by atoms with Crippen LogP contribution in [0, 0.1) is 5.92 Å². The van der Waals surface area contributed by atoms with Crippen molar-refractivity contribution in [3.05, 3.63) is 47.7 Å². The number of nitrogens with two attached hydrogens (primary N) is 2. The van der Waals surface area contributed by atoms with Crippen molar-refractivity contribution in [1.29, 1.82) is 0 Å². The van der Waals surface area contributed by atoms with Crippen molar-refractivity contribution in [2.45, 2.75) is 63.9 Å². The standard InChI is InChI=1S/C31H41N9O10S2/c1-31(2)26(28(42)40(31)50-52(45,46)47)36-27(41)25(23-18-51-30(33)35-23)37-49-24(29(43)44)5-3-12-48-22-8-6-20(7-9-22)21-16-38(11-4-10-32)39(17-21)15-19-13-34-14-19/h6-9,16-19,24,26,34H,3-5,10-15,32H2,1-2H3,(H4-,33,35,36,41,43,44,45,46,47)/b37-25-/t24-,26?/m0/s1. The largest absolute Gasteiger partial charge is 0.724 e. The average Bonchev–Trinajstić information content (AvgIpc) is 3.69. The SMILES string of the molecule is CC1(C)C(NC(=O)/C(=N\O[C@@H](CCCOc2ccc(-c3cn(CCCN)[n+](CC4CNC4)c3)cc2)C(=O)O)c2csc(N)n2)C(=O)N1OS(=O)(=O)[O-]. The number of oxime groups is 1. The van der Waals surface area contributed by atoms with Gasteiger partial charge >= 0.3 is 5.97 Å². The summed E-state index contributed by atoms with van der Waals surface area (Å²) in [6.07, 6.45) is 3.86. The first-order valence-electron chi connectivity index (χ1n) is 16.4. The number of benzene rings is 1. The number of amides is 2. The Kier molecular flexibility index (Phi) is 12.1. The third kappa shape index (κ3) is 9.40. The number of hydrogen-bond donors (Lipinski definition) is 5. The normalized spacial score (nSPS) is 18.0. The highest BCUT2D eigenvalue weighted by Gasteiger charge is 2.57. The lowest BCUT2D eigenvalue weighted by atomic mass is 9.84. The summed E-state index contributed by atoms with van der Waals surface area (Å²) in [7, 11) is -5.26. The molecule has 1 unspecified atom stereocenters. The fraction of sp³-hybridized carbons (Fsp3) is 0.484. The Morgan fingerprint density at radius 1 is 1.25 bits per heavy atom. The van der Waals surface area contributed by atoms with E-state index in [2.05, 4.69) is 46.8 Å². The van der Waals surface area contributed by atoms with E-state index in [0.717, 1.165) is 55.1 Å². The molecule has 282 valence electrons. The number of nitrogens with one attached hydrogen (secondary N) is 2. The van der Waals surface area contributed by atoms with Gasteiger partial charge in [-0.25, -0.2) is 18.2 Å². The Hall–Kier alpha value is -4.67. The van der Waals surface area contributed by atoms with Gasteiger partial charge in [-0.3, -0.25) is 9.59 Å². The molecule has 3 aromatic rings. The summed E-state index contributed by atoms with van der Waals surface area (Å²) in [5.74, 6) is -2.18. The molecule has 21 heteroatoms. The van der Waals surface area contributed by atoms with Crippen LogP contribution in [0.2, 0.25) is 0 Å². The minimum atomic E-state index is -5.26. The molecule has 0 spiro atoms. The molecule has 2 saturated heterocycles. The van der Waals surface area contributed by atoms with E-state index in [9.17, 15) is 32.5 Å². The van der Waals surface area contributed by atoms with Gasteiger partial charge in [-0.15, -0.1) is 16.0 Å². The second-order valence-corrected chi connectivity index (χ2v) is 14.7. The number of rotatable bonds is 19. The summed E-state index contributed by atoms with van der Waals surface area (Å²) in [4.78, 5) is 47.0. The van der Waals surface area contributed by atoms with Gasteiger partial charge < -0.3 is 41.3 Å². The maximum atomic E-state index is 13.2. The lowest BCUT2D eigenvalue weighted by Crippen LogP contribution is -2.76. The third-order valence-corrected chi connectivity index (χ3v) is 9.53. The first-order valence-corrected chi connectivity index (χ1v) is 18.6. The van der Waals surface area contributed by atoms with E-state index in [-0.39, 0.29) is 30.3 Å². The van der Waals surface area contributed by atoms with Crippen molar-refractivity contribution in [2.24, 2.45) is 16.8 Å². The summed E-state index contributed by atoms with van der Waals surface area (Å²) >= 11 is 0.972. The van der Waals surface area contributed by atoms with Crippen LogP contribution in [-0.2, 0) is 47.0 Å². The van der Waals surface area contributed by atoms with Crippen molar-refractivity contribution >= 4 is 50.4 Å². The zero-order valence-corrected chi connectivity index (χ0v) is 30.1. The van der Waals surface area contributed by atoms with E-state index in [0.29, 0.717) is 23.3 Å². The first kappa shape index (κ1) is 38.6. The molecule has 2 amide bonds. The Bertz CT molecular complexity index is 1890. The fourth-order valence-corrected chi connectivity index (χ4v) is 6.55. The number of nitrogen functional groups attached to an aromatic ring is 1. The number of anilines is 1. The topological polar surface area (TPSA) is 270 Å². The molecule has 1 aromatic carbocycles. The van der Waals surface area contributed by atoms with Crippen molar-refractivity contribution < 1.29 is 51.0 Å². The maximum Gasteiger partial charge on any atom is 0.347 e. The lowest BCUT2D eigenvalue weighted by molar-refractivity contribution is -0.781. The highest BCUT2D eigenvalue weighted by atomic mass is 32.3. The van der Waals surface area contributed by atoms with Gasteiger partial charge in [-0.2, -0.15) is 14.0 Å². The van der Waals surface area contributed by atoms with Crippen LogP contribution in [0.3, 0.4) is 0 Å². The number of aryl methyl sites for hydroxylation is 1. The Balaban J connectivity index is 1.17. The number of carbonyl (C=O) groups excluding carboxylic acids is 2. The molecule has 2 atom stereocenters. The smallest absolute Gasteiger partial charge is 0.347 e. The summed E-state index contributed by atoms with van der Waals surface area (Å²) in [5, 5.41) is 21.0. The molecular formula is C31H41N9O10S2. The van der Waals surface area contributed by atoms with Crippen molar-refractivity contribution in [1.82, 2.24) is 25.4 Å². The van der Waals surface area contributed by atoms with Gasteiger partial charge in [-0.1, -0.05) is 17.3 Å². The number of aliphatic carboxylic acids is 1. The van der Waals surface area contributed by atoms with E-state index < -0.39 is 51.6 Å². The monoisotopic (exact) mass is 763 g/mol. The summed E-state index contributed by atoms with van der Waals surface area (Å²) < 4.78 is 47.5. The van der Waals surface area contributed by atoms with Gasteiger partial charge in [-0.05, 0) is 50.9 Å². The van der Waals surface area contributed by atoms with Gasteiger partial charge in [0.15, 0.2) is 17.4 Å². The van der Waals surface area contributed by atoms with E-state index in [4.69, 9.17) is 21.0 Å². The lowest BCUT2D eigenvalue weighted by Gasteiger charge is -2.51. The molecule has 0 aliphatic carbocycles. The number of ether oxygens (including phenoxy) is 1. The zero-order valence-electron chi connectivity index (χ0n) is 28.5. The van der Waals surface area contributed by atoms with Gasteiger partial charge in [0.25, 0.3) is 11.8 Å². The van der Waals surface area contributed by atoms with Crippen molar-refractivity contribution in [3.63, 3.8) is 0 Å². The number of hydroxylamine groups is 2. The van der Waals surface area contributed by atoms with Gasteiger partial charge in [0.05, 0.1) is 30.5 Å². The highest BCUT2D eigenvalue weighted by molar-refractivity contribution is 7.80. The summed E-state index contributed by atoms with van der Waals surface area (Å²) in [6, 6.07) is 6.25. The molecule has 0 saturated carbocycles. The number of hydrogen-bond acceptors (Lipinski definition) is 15. The number of nitrogens with zero attached hydrogens (tertiary/aromatic N) is 5. The second-order valence-electron chi connectivity index (χ2n) is 12.8. The molecule has 2 fully saturated rings. The predicted molar refractivity (Wildman–Crippen MR) is 184 cm³/mol. The maximum absolute atomic E-state index is 13.2. The van der Waals surface area contributed by atoms with Crippen LogP contribution in [-0.4, -0.2) is 100 Å². The molecule has 52 heavy (non-hydrogen) atoms. The predicted octanol–water partition coefficient (Wildman–Crippen LogP) is -0.420. The van der Waals surface area contributed by atoms with Crippen LogP contribution in [0.5, 0.6) is 5.75 Å². The minimum absolute atomic E-state index is 0.0397. The number of carbonyl (C=O) groups is 3. The zero-order chi connectivity index (χ0) is 37.6. The van der Waals surface area contributed by atoms with Crippen LogP contribution in [0.1, 0.15) is 38.8 Å². The van der Waals surface area contributed by atoms with Gasteiger partial charge in [0.2, 0.25) is 22.7 Å². The van der Waals surface area contributed by atoms with E-state index in [1.54, 1.807) is 0 Å². The molecule has 7 N–H and O–H groups in total. The Morgan fingerprint density at radius 3 is 2.56 bits per heavy atom. The molecule has 5 rings (SSSR count). The minimum Gasteiger partial charge on any atom is -0.724 e. The van der Waals surface area contributed by atoms with Crippen molar-refractivity contribution in [3.8, 4) is 16.9 Å². The molecule has 4 heterocycles. The first-order chi connectivity index (χ1) is 24.7. The molecular weight excluding hydrogens is 723 g/mol. The van der Waals surface area contributed by atoms with Gasteiger partial charge in [0, 0.05) is 30.8 Å². The second kappa shape index (κ2) is 16.3. The van der Waals surface area contributed by atoms with Crippen LogP contribution in [0.4, 0.5) is 5.13 Å². The van der Waals surface area contributed by atoms with Crippen LogP contribution < -0.4 is 31.5 Å². The molecule has 2 aliphatic heterocycles. The van der Waals surface area contributed by atoms with E-state index in [1.165, 1.54) is 19.2 Å². The van der Waals surface area contributed by atoms with Crippen LogP contribution in [0.25, 0.3) is 11.1 Å². The van der Waals surface area contributed by atoms with E-state index >= 15 is 0 Å². The van der Waals surface area contributed by atoms with Crippen LogP contribution >= 0.6 is 11.3 Å². The summed E-state index contributed by atoms with van der Waals surface area (Å²) in [6.45, 7) is 7.23. The third-order valence-electron chi connectivity index (χ3n) is 8.52. The highest BCUT2D eigenvalue weighted by Crippen LogP contribution is 2.33. The Morgan fingerprint density at radius 2 is 1.98 bits per heavy atom. The number of carboxylic acid groups (broad SMARTS) is 1. The van der Waals surface area contributed by atoms with Crippen molar-refractivity contribution in [2.75, 3.05) is 32.0 Å². The quantitative estimate of drug-likeness (QED) is 0.0198. The van der Waals surface area contributed by atoms with E-state index in [1.807, 2.05) is 24.3 Å².